The van der Waals surface area contributed by atoms with Gasteiger partial charge in [-0.25, -0.2) is 0 Å². The van der Waals surface area contributed by atoms with Gasteiger partial charge in [-0.15, -0.1) is 0 Å². The molecule has 0 atom stereocenters. The molecule has 3 rings (SSSR count). The van der Waals surface area contributed by atoms with Crippen molar-refractivity contribution in [3.05, 3.63) is 23.0 Å². The van der Waals surface area contributed by atoms with E-state index in [1.165, 1.54) is 37.9 Å². The summed E-state index contributed by atoms with van der Waals surface area (Å²) >= 11 is 0. The topological polar surface area (TPSA) is 32.8 Å². The number of hydrogen-bond acceptors (Lipinski definition) is 3. The third-order valence-corrected chi connectivity index (χ3v) is 4.48. The van der Waals surface area contributed by atoms with Crippen LogP contribution in [0, 0.1) is 0 Å². The van der Waals surface area contributed by atoms with Crippen LogP contribution in [-0.2, 0) is 9.53 Å². The Kier molecular flexibility index (Phi) is 4.10. The Morgan fingerprint density at radius 3 is 2.85 bits per heavy atom. The van der Waals surface area contributed by atoms with Crippen LogP contribution in [0.3, 0.4) is 0 Å². The second-order valence-corrected chi connectivity index (χ2v) is 6.00. The molecule has 1 saturated heterocycles. The molecule has 2 aliphatic heterocycles. The summed E-state index contributed by atoms with van der Waals surface area (Å²) in [6.45, 7) is 4.83. The van der Waals surface area contributed by atoms with Gasteiger partial charge in [0, 0.05) is 20.1 Å². The molecule has 110 valence electrons. The van der Waals surface area contributed by atoms with Crippen molar-refractivity contribution in [2.45, 2.75) is 32.1 Å². The average Bonchev–Trinajstić information content (AvgIpc) is 2.76. The number of ether oxygens (including phenoxy) is 1. The van der Waals surface area contributed by atoms with E-state index in [-0.39, 0.29) is 5.91 Å². The number of allylic oxidation sites excluding steroid dienone is 1. The van der Waals surface area contributed by atoms with Gasteiger partial charge in [0.05, 0.1) is 5.57 Å². The van der Waals surface area contributed by atoms with Gasteiger partial charge in [-0.1, -0.05) is 6.42 Å². The summed E-state index contributed by atoms with van der Waals surface area (Å²) in [7, 11) is 1.87. The zero-order valence-electron chi connectivity index (χ0n) is 12.4. The predicted octanol–water partition coefficient (Wildman–Crippen LogP) is 1.94. The van der Waals surface area contributed by atoms with Crippen molar-refractivity contribution < 1.29 is 9.53 Å². The van der Waals surface area contributed by atoms with Crippen molar-refractivity contribution in [2.24, 2.45) is 0 Å². The van der Waals surface area contributed by atoms with Crippen LogP contribution in [0.25, 0.3) is 0 Å². The molecule has 0 bridgehead atoms. The SMILES string of the molecule is CN1CC2=C(C1=O)C(OCCN1CCCCC1)=CCC2. The van der Waals surface area contributed by atoms with Gasteiger partial charge in [-0.05, 0) is 50.4 Å². The zero-order valence-corrected chi connectivity index (χ0v) is 12.4. The molecule has 3 aliphatic rings. The minimum atomic E-state index is 0.129. The highest BCUT2D eigenvalue weighted by molar-refractivity contribution is 6.00. The fourth-order valence-corrected chi connectivity index (χ4v) is 3.34. The van der Waals surface area contributed by atoms with E-state index in [4.69, 9.17) is 4.74 Å². The van der Waals surface area contributed by atoms with E-state index in [9.17, 15) is 4.79 Å². The summed E-state index contributed by atoms with van der Waals surface area (Å²) in [5, 5.41) is 0. The van der Waals surface area contributed by atoms with E-state index in [1.54, 1.807) is 4.90 Å². The maximum absolute atomic E-state index is 12.2. The number of rotatable bonds is 4. The Morgan fingerprint density at radius 1 is 1.25 bits per heavy atom. The number of likely N-dealkylation sites (tertiary alicyclic amines) is 1. The lowest BCUT2D eigenvalue weighted by atomic mass is 9.98. The average molecular weight is 276 g/mol. The van der Waals surface area contributed by atoms with Gasteiger partial charge in [0.2, 0.25) is 0 Å². The Hall–Kier alpha value is -1.29. The maximum atomic E-state index is 12.2. The fourth-order valence-electron chi connectivity index (χ4n) is 3.34. The van der Waals surface area contributed by atoms with Gasteiger partial charge in [-0.3, -0.25) is 9.69 Å². The van der Waals surface area contributed by atoms with Gasteiger partial charge in [-0.2, -0.15) is 0 Å². The first-order valence-corrected chi connectivity index (χ1v) is 7.79. The molecule has 0 spiro atoms. The lowest BCUT2D eigenvalue weighted by Crippen LogP contribution is -2.32. The maximum Gasteiger partial charge on any atom is 0.257 e. The van der Waals surface area contributed by atoms with Gasteiger partial charge in [0.25, 0.3) is 5.91 Å². The largest absolute Gasteiger partial charge is 0.492 e. The lowest BCUT2D eigenvalue weighted by Gasteiger charge is -2.26. The summed E-state index contributed by atoms with van der Waals surface area (Å²) in [6.07, 6.45) is 8.07. The van der Waals surface area contributed by atoms with Crippen molar-refractivity contribution in [3.63, 3.8) is 0 Å². The zero-order chi connectivity index (χ0) is 13.9. The molecule has 0 aromatic heterocycles. The van der Waals surface area contributed by atoms with Crippen molar-refractivity contribution in [2.75, 3.05) is 39.8 Å². The molecule has 0 unspecified atom stereocenters. The van der Waals surface area contributed by atoms with E-state index in [0.717, 1.165) is 37.3 Å². The minimum Gasteiger partial charge on any atom is -0.492 e. The molecule has 0 aromatic carbocycles. The number of likely N-dealkylation sites (N-methyl/N-ethyl adjacent to an activating group) is 1. The Labute approximate surface area is 121 Å². The van der Waals surface area contributed by atoms with E-state index in [1.807, 2.05) is 7.05 Å². The van der Waals surface area contributed by atoms with E-state index in [0.29, 0.717) is 6.61 Å². The minimum absolute atomic E-state index is 0.129. The molecule has 0 radical (unpaired) electrons. The number of nitrogens with zero attached hydrogens (tertiary/aromatic N) is 2. The van der Waals surface area contributed by atoms with Crippen LogP contribution >= 0.6 is 0 Å². The number of hydrogen-bond donors (Lipinski definition) is 0. The van der Waals surface area contributed by atoms with Crippen LogP contribution in [0.4, 0.5) is 0 Å². The van der Waals surface area contributed by atoms with Gasteiger partial charge in [0.15, 0.2) is 0 Å². The molecule has 2 heterocycles. The fraction of sp³-hybridized carbons (Fsp3) is 0.688. The Morgan fingerprint density at radius 2 is 2.05 bits per heavy atom. The highest BCUT2D eigenvalue weighted by atomic mass is 16.5. The summed E-state index contributed by atoms with van der Waals surface area (Å²) in [5.41, 5.74) is 2.10. The highest BCUT2D eigenvalue weighted by Crippen LogP contribution is 2.32. The Bertz CT molecular complexity index is 447. The first-order valence-electron chi connectivity index (χ1n) is 7.79. The Balaban J connectivity index is 1.54. The van der Waals surface area contributed by atoms with E-state index in [2.05, 4.69) is 11.0 Å². The summed E-state index contributed by atoms with van der Waals surface area (Å²) in [4.78, 5) is 16.4. The molecule has 1 fully saturated rings. The molecular weight excluding hydrogens is 252 g/mol. The number of carbonyl (C=O) groups is 1. The molecule has 1 amide bonds. The second-order valence-electron chi connectivity index (χ2n) is 6.00. The molecular formula is C16H24N2O2. The molecule has 4 heteroatoms. The molecule has 0 aromatic rings. The van der Waals surface area contributed by atoms with Crippen molar-refractivity contribution in [3.8, 4) is 0 Å². The van der Waals surface area contributed by atoms with Crippen molar-refractivity contribution >= 4 is 5.91 Å². The summed E-state index contributed by atoms with van der Waals surface area (Å²) in [6, 6.07) is 0. The van der Waals surface area contributed by atoms with Gasteiger partial charge < -0.3 is 9.64 Å². The molecule has 4 nitrogen and oxygen atoms in total. The standard InChI is InChI=1S/C16H24N2O2/c1-17-12-13-6-5-7-14(15(13)16(17)19)20-11-10-18-8-3-2-4-9-18/h7H,2-6,8-12H2,1H3. The third kappa shape index (κ3) is 2.75. The number of piperidine rings is 1. The van der Waals surface area contributed by atoms with E-state index < -0.39 is 0 Å². The molecule has 0 N–H and O–H groups in total. The van der Waals surface area contributed by atoms with Gasteiger partial charge >= 0.3 is 0 Å². The number of amides is 1. The highest BCUT2D eigenvalue weighted by Gasteiger charge is 2.32. The van der Waals surface area contributed by atoms with Crippen LogP contribution in [0.1, 0.15) is 32.1 Å². The third-order valence-electron chi connectivity index (χ3n) is 4.48. The predicted molar refractivity (Wildman–Crippen MR) is 78.2 cm³/mol. The summed E-state index contributed by atoms with van der Waals surface area (Å²) in [5.74, 6) is 0.960. The van der Waals surface area contributed by atoms with Crippen molar-refractivity contribution in [1.29, 1.82) is 0 Å². The quantitative estimate of drug-likeness (QED) is 0.786. The lowest BCUT2D eigenvalue weighted by molar-refractivity contribution is -0.124. The van der Waals surface area contributed by atoms with Gasteiger partial charge in [0.1, 0.15) is 12.4 Å². The first kappa shape index (κ1) is 13.7. The smallest absolute Gasteiger partial charge is 0.257 e. The van der Waals surface area contributed by atoms with Crippen LogP contribution in [0.2, 0.25) is 0 Å². The summed E-state index contributed by atoms with van der Waals surface area (Å²) < 4.78 is 5.93. The van der Waals surface area contributed by atoms with Crippen LogP contribution in [0.15, 0.2) is 23.0 Å². The second kappa shape index (κ2) is 6.00. The molecule has 1 aliphatic carbocycles. The number of carbonyl (C=O) groups excluding carboxylic acids is 1. The van der Waals surface area contributed by atoms with Crippen LogP contribution < -0.4 is 0 Å². The van der Waals surface area contributed by atoms with Crippen LogP contribution in [0.5, 0.6) is 0 Å². The van der Waals surface area contributed by atoms with Crippen LogP contribution in [-0.4, -0.2) is 55.5 Å². The van der Waals surface area contributed by atoms with Crippen molar-refractivity contribution in [1.82, 2.24) is 9.80 Å². The monoisotopic (exact) mass is 276 g/mol. The first-order chi connectivity index (χ1) is 9.75. The molecule has 0 saturated carbocycles. The molecule has 20 heavy (non-hydrogen) atoms. The normalized spacial score (nSPS) is 23.9. The van der Waals surface area contributed by atoms with E-state index >= 15 is 0 Å².